The lowest BCUT2D eigenvalue weighted by Gasteiger charge is -2.19. The number of fused-ring (bicyclic) bond motifs is 1. The van der Waals surface area contributed by atoms with Crippen molar-refractivity contribution in [3.05, 3.63) is 36.4 Å². The molecule has 0 radical (unpaired) electrons. The summed E-state index contributed by atoms with van der Waals surface area (Å²) < 4.78 is 20.6. The third-order valence-electron chi connectivity index (χ3n) is 2.96. The smallest absolute Gasteiger partial charge is 0.428 e. The lowest BCUT2D eigenvalue weighted by atomic mass is 10.1. The van der Waals surface area contributed by atoms with E-state index in [9.17, 15) is 9.59 Å². The number of benzene rings is 2. The first-order valence-corrected chi connectivity index (χ1v) is 8.27. The van der Waals surface area contributed by atoms with Gasteiger partial charge in [-0.05, 0) is 76.6 Å². The maximum absolute atomic E-state index is 11.7. The summed E-state index contributed by atoms with van der Waals surface area (Å²) in [4.78, 5) is 23.5. The van der Waals surface area contributed by atoms with Crippen molar-refractivity contribution in [1.82, 2.24) is 0 Å². The van der Waals surface area contributed by atoms with Gasteiger partial charge in [0.1, 0.15) is 22.7 Å². The number of carbonyl (C=O) groups is 2. The zero-order chi connectivity index (χ0) is 19.5. The van der Waals surface area contributed by atoms with E-state index < -0.39 is 23.5 Å². The summed E-state index contributed by atoms with van der Waals surface area (Å²) in [5, 5.41) is 1.64. The highest BCUT2D eigenvalue weighted by Gasteiger charge is 2.19. The van der Waals surface area contributed by atoms with E-state index in [0.717, 1.165) is 10.8 Å². The molecule has 2 rings (SSSR count). The van der Waals surface area contributed by atoms with E-state index >= 15 is 0 Å². The first kappa shape index (κ1) is 19.6. The maximum Gasteiger partial charge on any atom is 0.514 e. The Kier molecular flexibility index (Phi) is 5.44. The fourth-order valence-corrected chi connectivity index (χ4v) is 2.06. The monoisotopic (exact) mass is 360 g/mol. The summed E-state index contributed by atoms with van der Waals surface area (Å²) in [6.07, 6.45) is -1.52. The molecule has 0 saturated heterocycles. The van der Waals surface area contributed by atoms with Gasteiger partial charge in [-0.15, -0.1) is 0 Å². The molecule has 0 aliphatic heterocycles. The lowest BCUT2D eigenvalue weighted by molar-refractivity contribution is 0.0192. The van der Waals surface area contributed by atoms with Gasteiger partial charge in [-0.1, -0.05) is 12.1 Å². The van der Waals surface area contributed by atoms with Crippen molar-refractivity contribution in [2.24, 2.45) is 0 Å². The predicted octanol–water partition coefficient (Wildman–Crippen LogP) is 5.47. The average molecular weight is 360 g/mol. The van der Waals surface area contributed by atoms with Crippen LogP contribution in [0.25, 0.3) is 10.8 Å². The normalized spacial score (nSPS) is 11.8. The second-order valence-corrected chi connectivity index (χ2v) is 7.80. The molecule has 140 valence electrons. The fraction of sp³-hybridized carbons (Fsp3) is 0.400. The highest BCUT2D eigenvalue weighted by Crippen LogP contribution is 2.26. The van der Waals surface area contributed by atoms with Crippen LogP contribution >= 0.6 is 0 Å². The minimum atomic E-state index is -0.762. The summed E-state index contributed by atoms with van der Waals surface area (Å²) in [5.74, 6) is 0.736. The van der Waals surface area contributed by atoms with Gasteiger partial charge in [0.15, 0.2) is 0 Å². The minimum absolute atomic E-state index is 0.368. The van der Waals surface area contributed by atoms with Gasteiger partial charge in [0.25, 0.3) is 0 Å². The number of hydrogen-bond acceptors (Lipinski definition) is 6. The summed E-state index contributed by atoms with van der Waals surface area (Å²) in [6, 6.07) is 10.2. The van der Waals surface area contributed by atoms with Crippen LogP contribution < -0.4 is 9.47 Å². The maximum atomic E-state index is 11.7. The molecule has 26 heavy (non-hydrogen) atoms. The van der Waals surface area contributed by atoms with E-state index in [1.807, 2.05) is 0 Å². The van der Waals surface area contributed by atoms with Crippen molar-refractivity contribution >= 4 is 23.1 Å². The molecule has 0 N–H and O–H groups in total. The largest absolute Gasteiger partial charge is 0.514 e. The van der Waals surface area contributed by atoms with Crippen molar-refractivity contribution in [1.29, 1.82) is 0 Å². The Balaban J connectivity index is 2.10. The Morgan fingerprint density at radius 3 is 1.31 bits per heavy atom. The lowest BCUT2D eigenvalue weighted by Crippen LogP contribution is -2.26. The Morgan fingerprint density at radius 1 is 0.654 bits per heavy atom. The molecule has 0 aliphatic carbocycles. The zero-order valence-corrected chi connectivity index (χ0v) is 15.9. The van der Waals surface area contributed by atoms with Crippen molar-refractivity contribution in [2.45, 2.75) is 52.7 Å². The standard InChI is InChI=1S/C20H24O6/c1-19(2,3)25-17(21)23-15-9-7-14-12-16(10-8-13(14)11-15)24-18(22)26-20(4,5)6/h7-12H,1-6H3. The van der Waals surface area contributed by atoms with Gasteiger partial charge in [0, 0.05) is 0 Å². The van der Waals surface area contributed by atoms with Crippen LogP contribution in [-0.2, 0) is 9.47 Å². The molecular formula is C20H24O6. The van der Waals surface area contributed by atoms with E-state index in [4.69, 9.17) is 18.9 Å². The molecule has 6 heteroatoms. The highest BCUT2D eigenvalue weighted by atomic mass is 16.7. The number of carbonyl (C=O) groups excluding carboxylic acids is 2. The van der Waals surface area contributed by atoms with Gasteiger partial charge in [0.2, 0.25) is 0 Å². The van der Waals surface area contributed by atoms with Crippen LogP contribution in [0.2, 0.25) is 0 Å². The van der Waals surface area contributed by atoms with Crippen LogP contribution in [0.1, 0.15) is 41.5 Å². The molecule has 0 amide bonds. The SMILES string of the molecule is CC(C)(C)OC(=O)Oc1ccc2cc(OC(=O)OC(C)(C)C)ccc2c1. The molecule has 0 fully saturated rings. The minimum Gasteiger partial charge on any atom is -0.428 e. The molecule has 0 aliphatic rings. The van der Waals surface area contributed by atoms with Gasteiger partial charge in [-0.2, -0.15) is 0 Å². The van der Waals surface area contributed by atoms with E-state index in [-0.39, 0.29) is 0 Å². The van der Waals surface area contributed by atoms with Gasteiger partial charge < -0.3 is 18.9 Å². The summed E-state index contributed by atoms with van der Waals surface area (Å²) in [7, 11) is 0. The molecule has 0 aromatic heterocycles. The van der Waals surface area contributed by atoms with Crippen LogP contribution in [0.4, 0.5) is 9.59 Å². The van der Waals surface area contributed by atoms with Crippen molar-refractivity contribution in [2.75, 3.05) is 0 Å². The van der Waals surface area contributed by atoms with Gasteiger partial charge in [-0.25, -0.2) is 9.59 Å². The number of ether oxygens (including phenoxy) is 4. The molecule has 0 atom stereocenters. The van der Waals surface area contributed by atoms with E-state index in [1.165, 1.54) is 0 Å². The van der Waals surface area contributed by atoms with Crippen molar-refractivity contribution < 1.29 is 28.5 Å². The Morgan fingerprint density at radius 2 is 1.00 bits per heavy atom. The highest BCUT2D eigenvalue weighted by molar-refractivity contribution is 5.86. The molecule has 6 nitrogen and oxygen atoms in total. The molecule has 0 heterocycles. The fourth-order valence-electron chi connectivity index (χ4n) is 2.06. The molecule has 2 aromatic carbocycles. The Labute approximate surface area is 153 Å². The summed E-state index contributed by atoms with van der Waals surface area (Å²) in [6.45, 7) is 10.6. The van der Waals surface area contributed by atoms with E-state index in [1.54, 1.807) is 77.9 Å². The third kappa shape index (κ3) is 6.27. The van der Waals surface area contributed by atoms with Crippen LogP contribution in [0.5, 0.6) is 11.5 Å². The first-order valence-electron chi connectivity index (χ1n) is 8.27. The van der Waals surface area contributed by atoms with Gasteiger partial charge in [0.05, 0.1) is 0 Å². The predicted molar refractivity (Wildman–Crippen MR) is 97.7 cm³/mol. The first-order chi connectivity index (χ1) is 11.9. The second-order valence-electron chi connectivity index (χ2n) is 7.80. The van der Waals surface area contributed by atoms with Crippen LogP contribution in [0, 0.1) is 0 Å². The van der Waals surface area contributed by atoms with E-state index in [0.29, 0.717) is 11.5 Å². The molecule has 0 saturated carbocycles. The van der Waals surface area contributed by atoms with Crippen molar-refractivity contribution in [3.63, 3.8) is 0 Å². The second kappa shape index (κ2) is 7.23. The Hall–Kier alpha value is -2.76. The third-order valence-corrected chi connectivity index (χ3v) is 2.96. The topological polar surface area (TPSA) is 71.1 Å². The number of hydrogen-bond donors (Lipinski definition) is 0. The van der Waals surface area contributed by atoms with Crippen LogP contribution in [0.15, 0.2) is 36.4 Å². The summed E-state index contributed by atoms with van der Waals surface area (Å²) >= 11 is 0. The molecule has 0 bridgehead atoms. The Bertz CT molecular complexity index is 742. The average Bonchev–Trinajstić information content (AvgIpc) is 2.43. The van der Waals surface area contributed by atoms with Crippen molar-refractivity contribution in [3.8, 4) is 11.5 Å². The summed E-state index contributed by atoms with van der Waals surface area (Å²) in [5.41, 5.74) is -1.25. The van der Waals surface area contributed by atoms with Crippen LogP contribution in [-0.4, -0.2) is 23.5 Å². The van der Waals surface area contributed by atoms with E-state index in [2.05, 4.69) is 0 Å². The quantitative estimate of drug-likeness (QED) is 0.522. The number of rotatable bonds is 2. The zero-order valence-electron chi connectivity index (χ0n) is 15.9. The molecule has 0 unspecified atom stereocenters. The van der Waals surface area contributed by atoms with Gasteiger partial charge >= 0.3 is 12.3 Å². The van der Waals surface area contributed by atoms with Crippen LogP contribution in [0.3, 0.4) is 0 Å². The van der Waals surface area contributed by atoms with Gasteiger partial charge in [-0.3, -0.25) is 0 Å². The molecule has 0 spiro atoms. The molecular weight excluding hydrogens is 336 g/mol. The molecule has 2 aromatic rings.